The smallest absolute Gasteiger partial charge is 0.225 e. The van der Waals surface area contributed by atoms with E-state index in [2.05, 4.69) is 21.2 Å². The molecule has 0 radical (unpaired) electrons. The van der Waals surface area contributed by atoms with Gasteiger partial charge >= 0.3 is 0 Å². The van der Waals surface area contributed by atoms with Crippen LogP contribution in [-0.2, 0) is 25.4 Å². The van der Waals surface area contributed by atoms with E-state index in [9.17, 15) is 0 Å². The van der Waals surface area contributed by atoms with Gasteiger partial charge in [-0.1, -0.05) is 0 Å². The van der Waals surface area contributed by atoms with E-state index in [1.807, 2.05) is 43.1 Å². The van der Waals surface area contributed by atoms with Crippen LogP contribution >= 0.6 is 0 Å². The van der Waals surface area contributed by atoms with Crippen molar-refractivity contribution in [3.63, 3.8) is 0 Å². The highest BCUT2D eigenvalue weighted by molar-refractivity contribution is 5.39. The molecule has 1 atom stereocenters. The zero-order chi connectivity index (χ0) is 16.7. The first-order chi connectivity index (χ1) is 11.6. The summed E-state index contributed by atoms with van der Waals surface area (Å²) in [7, 11) is 6.01. The number of nitrogens with zero attached hydrogens (tertiary/aromatic N) is 6. The summed E-state index contributed by atoms with van der Waals surface area (Å²) in [4.78, 5) is 14.0. The minimum atomic E-state index is 0.212. The number of likely N-dealkylation sites (tertiary alicyclic amines) is 1. The molecule has 6 nitrogen and oxygen atoms in total. The van der Waals surface area contributed by atoms with Crippen molar-refractivity contribution in [3.8, 4) is 0 Å². The molecule has 6 heteroatoms. The minimum Gasteiger partial charge on any atom is -0.347 e. The van der Waals surface area contributed by atoms with E-state index in [0.29, 0.717) is 0 Å². The maximum absolute atomic E-state index is 4.95. The lowest BCUT2D eigenvalue weighted by Gasteiger charge is -2.40. The van der Waals surface area contributed by atoms with Crippen molar-refractivity contribution in [2.75, 3.05) is 32.1 Å². The Labute approximate surface area is 143 Å². The quantitative estimate of drug-likeness (QED) is 0.860. The number of fused-ring (bicyclic) bond motifs is 2. The summed E-state index contributed by atoms with van der Waals surface area (Å²) in [6.07, 6.45) is 11.0. The molecule has 24 heavy (non-hydrogen) atoms. The van der Waals surface area contributed by atoms with Crippen molar-refractivity contribution in [3.05, 3.63) is 35.4 Å². The average molecular weight is 326 g/mol. The SMILES string of the molecule is CN(C)c1ncc2c(n1)C1(CCCN(Cc3cnn(C)c3)C1)CC2. The van der Waals surface area contributed by atoms with Gasteiger partial charge in [-0.15, -0.1) is 0 Å². The second-order valence-electron chi connectivity index (χ2n) is 7.56. The lowest BCUT2D eigenvalue weighted by Crippen LogP contribution is -2.45. The molecule has 1 aliphatic carbocycles. The van der Waals surface area contributed by atoms with Crippen LogP contribution in [0.5, 0.6) is 0 Å². The number of hydrogen-bond donors (Lipinski definition) is 0. The van der Waals surface area contributed by atoms with Crippen LogP contribution in [0.25, 0.3) is 0 Å². The van der Waals surface area contributed by atoms with Gasteiger partial charge in [0.1, 0.15) is 0 Å². The Bertz CT molecular complexity index is 733. The topological polar surface area (TPSA) is 50.1 Å². The molecule has 0 amide bonds. The summed E-state index contributed by atoms with van der Waals surface area (Å²) in [5.41, 5.74) is 4.16. The fourth-order valence-electron chi connectivity index (χ4n) is 4.32. The van der Waals surface area contributed by atoms with Crippen molar-refractivity contribution < 1.29 is 0 Å². The molecular weight excluding hydrogens is 300 g/mol. The summed E-state index contributed by atoms with van der Waals surface area (Å²) in [5, 5.41) is 4.30. The van der Waals surface area contributed by atoms with E-state index in [1.54, 1.807) is 0 Å². The van der Waals surface area contributed by atoms with Gasteiger partial charge in [-0.05, 0) is 37.8 Å². The van der Waals surface area contributed by atoms with Crippen molar-refractivity contribution in [1.29, 1.82) is 0 Å². The molecular formula is C18H26N6. The molecule has 2 aromatic rings. The number of aryl methyl sites for hydroxylation is 2. The highest BCUT2D eigenvalue weighted by atomic mass is 15.2. The van der Waals surface area contributed by atoms with Gasteiger partial charge in [-0.3, -0.25) is 9.58 Å². The van der Waals surface area contributed by atoms with Gasteiger partial charge in [0.05, 0.1) is 11.9 Å². The molecule has 0 bridgehead atoms. The monoisotopic (exact) mass is 326 g/mol. The van der Waals surface area contributed by atoms with Gasteiger partial charge in [0.2, 0.25) is 5.95 Å². The largest absolute Gasteiger partial charge is 0.347 e. The maximum atomic E-state index is 4.95. The summed E-state index contributed by atoms with van der Waals surface area (Å²) in [6.45, 7) is 3.24. The number of piperidine rings is 1. The number of hydrogen-bond acceptors (Lipinski definition) is 5. The summed E-state index contributed by atoms with van der Waals surface area (Å²) in [6, 6.07) is 0. The normalized spacial score (nSPS) is 23.6. The zero-order valence-electron chi connectivity index (χ0n) is 14.9. The fourth-order valence-corrected chi connectivity index (χ4v) is 4.32. The third-order valence-electron chi connectivity index (χ3n) is 5.45. The zero-order valence-corrected chi connectivity index (χ0v) is 14.9. The lowest BCUT2D eigenvalue weighted by atomic mass is 9.77. The summed E-state index contributed by atoms with van der Waals surface area (Å²) < 4.78 is 1.89. The van der Waals surface area contributed by atoms with Crippen molar-refractivity contribution in [1.82, 2.24) is 24.6 Å². The van der Waals surface area contributed by atoms with Gasteiger partial charge in [-0.25, -0.2) is 9.97 Å². The lowest BCUT2D eigenvalue weighted by molar-refractivity contribution is 0.137. The second-order valence-corrected chi connectivity index (χ2v) is 7.56. The van der Waals surface area contributed by atoms with Crippen LogP contribution in [0, 0.1) is 0 Å². The molecule has 1 saturated heterocycles. The third kappa shape index (κ3) is 2.69. The van der Waals surface area contributed by atoms with Crippen molar-refractivity contribution in [2.24, 2.45) is 7.05 Å². The third-order valence-corrected chi connectivity index (χ3v) is 5.45. The fraction of sp³-hybridized carbons (Fsp3) is 0.611. The van der Waals surface area contributed by atoms with Crippen LogP contribution in [0.1, 0.15) is 36.1 Å². The summed E-state index contributed by atoms with van der Waals surface area (Å²) >= 11 is 0. The van der Waals surface area contributed by atoms with E-state index in [1.165, 1.54) is 36.1 Å². The first-order valence-electron chi connectivity index (χ1n) is 8.79. The molecule has 1 fully saturated rings. The van der Waals surface area contributed by atoms with Crippen molar-refractivity contribution >= 4 is 5.95 Å². The van der Waals surface area contributed by atoms with Crippen LogP contribution in [0.15, 0.2) is 18.6 Å². The predicted molar refractivity (Wildman–Crippen MR) is 94.1 cm³/mol. The molecule has 2 aliphatic rings. The Morgan fingerprint density at radius 3 is 2.88 bits per heavy atom. The first kappa shape index (κ1) is 15.6. The summed E-state index contributed by atoms with van der Waals surface area (Å²) in [5.74, 6) is 0.833. The molecule has 0 saturated carbocycles. The molecule has 3 heterocycles. The van der Waals surface area contributed by atoms with Gasteiger partial charge < -0.3 is 4.90 Å². The molecule has 0 aromatic carbocycles. The number of rotatable bonds is 3. The van der Waals surface area contributed by atoms with Crippen molar-refractivity contribution in [2.45, 2.75) is 37.6 Å². The van der Waals surface area contributed by atoms with Crippen LogP contribution in [-0.4, -0.2) is 51.8 Å². The van der Waals surface area contributed by atoms with E-state index < -0.39 is 0 Å². The van der Waals surface area contributed by atoms with Crippen LogP contribution < -0.4 is 4.90 Å². The predicted octanol–water partition coefficient (Wildman–Crippen LogP) is 1.76. The molecule has 0 N–H and O–H groups in total. The molecule has 1 spiro atoms. The Kier molecular flexibility index (Phi) is 3.79. The Morgan fingerprint density at radius 1 is 1.25 bits per heavy atom. The Hall–Kier alpha value is -1.95. The second kappa shape index (κ2) is 5.84. The number of anilines is 1. The maximum Gasteiger partial charge on any atom is 0.225 e. The van der Waals surface area contributed by atoms with E-state index in [-0.39, 0.29) is 5.41 Å². The van der Waals surface area contributed by atoms with Crippen LogP contribution in [0.3, 0.4) is 0 Å². The molecule has 1 unspecified atom stereocenters. The molecule has 128 valence electrons. The molecule has 2 aromatic heterocycles. The molecule has 4 rings (SSSR count). The highest BCUT2D eigenvalue weighted by Crippen LogP contribution is 2.44. The first-order valence-corrected chi connectivity index (χ1v) is 8.79. The minimum absolute atomic E-state index is 0.212. The van der Waals surface area contributed by atoms with Gasteiger partial charge in [0.25, 0.3) is 0 Å². The van der Waals surface area contributed by atoms with Gasteiger partial charge in [0, 0.05) is 57.6 Å². The van der Waals surface area contributed by atoms with Gasteiger partial charge in [0.15, 0.2) is 0 Å². The van der Waals surface area contributed by atoms with E-state index >= 15 is 0 Å². The molecule has 1 aliphatic heterocycles. The van der Waals surface area contributed by atoms with Crippen LogP contribution in [0.2, 0.25) is 0 Å². The van der Waals surface area contributed by atoms with Gasteiger partial charge in [-0.2, -0.15) is 5.10 Å². The Morgan fingerprint density at radius 2 is 2.12 bits per heavy atom. The van der Waals surface area contributed by atoms with Crippen LogP contribution in [0.4, 0.5) is 5.95 Å². The van der Waals surface area contributed by atoms with E-state index in [0.717, 1.165) is 32.0 Å². The highest BCUT2D eigenvalue weighted by Gasteiger charge is 2.43. The number of aromatic nitrogens is 4. The average Bonchev–Trinajstić information content (AvgIpc) is 3.12. The Balaban J connectivity index is 1.59. The standard InChI is InChI=1S/C18H26N6/c1-22(2)17-19-10-15-5-7-18(16(15)21-17)6-4-8-24(13-18)12-14-9-20-23(3)11-14/h9-11H,4-8,12-13H2,1-3H3. The van der Waals surface area contributed by atoms with E-state index in [4.69, 9.17) is 4.98 Å².